The molecule has 0 bridgehead atoms. The van der Waals surface area contributed by atoms with Crippen LogP contribution < -0.4 is 10.6 Å². The second kappa shape index (κ2) is 6.06. The third kappa shape index (κ3) is 2.71. The molecule has 6 nitrogen and oxygen atoms in total. The Bertz CT molecular complexity index is 555. The Morgan fingerprint density at radius 2 is 1.86 bits per heavy atom. The minimum atomic E-state index is -0.736. The summed E-state index contributed by atoms with van der Waals surface area (Å²) in [6, 6.07) is 8.93. The molecule has 2 heterocycles. The van der Waals surface area contributed by atoms with Crippen molar-refractivity contribution in [1.82, 2.24) is 15.5 Å². The van der Waals surface area contributed by atoms with Gasteiger partial charge < -0.3 is 15.7 Å². The number of carbonyl (C=O) groups is 2. The normalized spacial score (nSPS) is 22.0. The van der Waals surface area contributed by atoms with Crippen molar-refractivity contribution in [2.45, 2.75) is 30.9 Å². The number of nitrogens with zero attached hydrogens (tertiary/aromatic N) is 1. The van der Waals surface area contributed by atoms with E-state index < -0.39 is 11.6 Å². The van der Waals surface area contributed by atoms with Gasteiger partial charge in [0, 0.05) is 6.54 Å². The lowest BCUT2D eigenvalue weighted by Gasteiger charge is -2.31. The van der Waals surface area contributed by atoms with Gasteiger partial charge in [0.2, 0.25) is 0 Å². The molecule has 1 aromatic rings. The van der Waals surface area contributed by atoms with Gasteiger partial charge >= 0.3 is 6.03 Å². The summed E-state index contributed by atoms with van der Waals surface area (Å²) in [5, 5.41) is 16.2. The lowest BCUT2D eigenvalue weighted by Crippen LogP contribution is -2.53. The maximum absolute atomic E-state index is 12.6. The number of hydrogen-bond acceptors (Lipinski definition) is 4. The molecule has 0 unspecified atom stereocenters. The van der Waals surface area contributed by atoms with Crippen molar-refractivity contribution in [2.24, 2.45) is 0 Å². The van der Waals surface area contributed by atoms with Crippen molar-refractivity contribution in [3.63, 3.8) is 0 Å². The van der Waals surface area contributed by atoms with Crippen LogP contribution in [0.3, 0.4) is 0 Å². The topological polar surface area (TPSA) is 81.7 Å². The summed E-state index contributed by atoms with van der Waals surface area (Å²) in [5.74, 6) is -0.153. The Morgan fingerprint density at radius 3 is 2.55 bits per heavy atom. The molecule has 0 radical (unpaired) electrons. The number of benzene rings is 1. The zero-order valence-electron chi connectivity index (χ0n) is 12.4. The summed E-state index contributed by atoms with van der Waals surface area (Å²) in [6.07, 6.45) is 0.911. The summed E-state index contributed by atoms with van der Waals surface area (Å²) in [6.45, 7) is 1.69. The highest BCUT2D eigenvalue weighted by atomic mass is 16.3. The molecule has 0 aliphatic carbocycles. The van der Waals surface area contributed by atoms with Crippen LogP contribution in [-0.4, -0.2) is 47.1 Å². The van der Waals surface area contributed by atoms with Gasteiger partial charge in [0.15, 0.2) is 0 Å². The molecule has 1 aromatic carbocycles. The van der Waals surface area contributed by atoms with Crippen LogP contribution in [0.2, 0.25) is 0 Å². The second-order valence-electron chi connectivity index (χ2n) is 5.93. The average molecular weight is 303 g/mol. The first-order valence-electron chi connectivity index (χ1n) is 7.70. The fraction of sp³-hybridized carbons (Fsp3) is 0.500. The molecule has 1 atom stereocenters. The number of nitrogens with one attached hydrogen (secondary N) is 2. The Labute approximate surface area is 129 Å². The van der Waals surface area contributed by atoms with Gasteiger partial charge in [-0.15, -0.1) is 0 Å². The van der Waals surface area contributed by atoms with Crippen LogP contribution in [0.15, 0.2) is 30.3 Å². The van der Waals surface area contributed by atoms with Gasteiger partial charge in [-0.2, -0.15) is 0 Å². The molecule has 3 N–H and O–H groups in total. The summed E-state index contributed by atoms with van der Waals surface area (Å²) in [4.78, 5) is 25.9. The smallest absolute Gasteiger partial charge is 0.325 e. The standard InChI is InChI=1S/C16H21N3O3/c20-13(12-4-2-1-3-5-12)6-11-19-14(21)16(18-15(19)22)7-9-17-10-8-16/h1-5,13,17,20H,6-11H2,(H,18,22)/t13-/m0/s1. The molecule has 0 aromatic heterocycles. The number of aliphatic hydroxyl groups excluding tert-OH is 1. The zero-order chi connectivity index (χ0) is 15.6. The van der Waals surface area contributed by atoms with E-state index in [-0.39, 0.29) is 18.5 Å². The van der Waals surface area contributed by atoms with Crippen molar-refractivity contribution >= 4 is 11.9 Å². The largest absolute Gasteiger partial charge is 0.388 e. The first-order valence-corrected chi connectivity index (χ1v) is 7.70. The molecule has 118 valence electrons. The van der Waals surface area contributed by atoms with Gasteiger partial charge in [-0.25, -0.2) is 4.79 Å². The third-order valence-corrected chi connectivity index (χ3v) is 4.51. The molecule has 22 heavy (non-hydrogen) atoms. The van der Waals surface area contributed by atoms with Gasteiger partial charge in [0.05, 0.1) is 6.10 Å². The number of piperidine rings is 1. The highest BCUT2D eigenvalue weighted by Gasteiger charge is 2.51. The average Bonchev–Trinajstić information content (AvgIpc) is 2.77. The molecule has 2 saturated heterocycles. The minimum Gasteiger partial charge on any atom is -0.388 e. The quantitative estimate of drug-likeness (QED) is 0.718. The van der Waals surface area contributed by atoms with E-state index in [0.29, 0.717) is 19.3 Å². The van der Waals surface area contributed by atoms with Crippen LogP contribution >= 0.6 is 0 Å². The van der Waals surface area contributed by atoms with Crippen LogP contribution in [0.25, 0.3) is 0 Å². The van der Waals surface area contributed by atoms with Crippen molar-refractivity contribution < 1.29 is 14.7 Å². The van der Waals surface area contributed by atoms with Crippen LogP contribution in [0.5, 0.6) is 0 Å². The van der Waals surface area contributed by atoms with Crippen LogP contribution in [-0.2, 0) is 4.79 Å². The van der Waals surface area contributed by atoms with E-state index in [4.69, 9.17) is 0 Å². The number of imide groups is 1. The molecule has 2 aliphatic rings. The van der Waals surface area contributed by atoms with Gasteiger partial charge in [-0.3, -0.25) is 9.69 Å². The summed E-state index contributed by atoms with van der Waals surface area (Å²) in [5.41, 5.74) is 0.0613. The van der Waals surface area contributed by atoms with Gasteiger partial charge in [0.25, 0.3) is 5.91 Å². The lowest BCUT2D eigenvalue weighted by molar-refractivity contribution is -0.132. The number of amides is 3. The maximum Gasteiger partial charge on any atom is 0.325 e. The summed E-state index contributed by atoms with van der Waals surface area (Å²) >= 11 is 0. The van der Waals surface area contributed by atoms with Crippen LogP contribution in [0, 0.1) is 0 Å². The monoisotopic (exact) mass is 303 g/mol. The molecular weight excluding hydrogens is 282 g/mol. The second-order valence-corrected chi connectivity index (χ2v) is 5.93. The molecular formula is C16H21N3O3. The number of rotatable bonds is 4. The highest BCUT2D eigenvalue weighted by molar-refractivity contribution is 6.07. The number of aliphatic hydroxyl groups is 1. The molecule has 3 rings (SSSR count). The predicted molar refractivity (Wildman–Crippen MR) is 81.1 cm³/mol. The lowest BCUT2D eigenvalue weighted by atomic mass is 9.88. The van der Waals surface area contributed by atoms with Crippen molar-refractivity contribution in [3.8, 4) is 0 Å². The van der Waals surface area contributed by atoms with Gasteiger partial charge in [-0.1, -0.05) is 30.3 Å². The third-order valence-electron chi connectivity index (χ3n) is 4.51. The minimum absolute atomic E-state index is 0.153. The van der Waals surface area contributed by atoms with E-state index in [0.717, 1.165) is 18.7 Å². The fourth-order valence-corrected chi connectivity index (χ4v) is 3.16. The summed E-state index contributed by atoms with van der Waals surface area (Å²) < 4.78 is 0. The van der Waals surface area contributed by atoms with Crippen LogP contribution in [0.1, 0.15) is 30.9 Å². The first-order chi connectivity index (χ1) is 10.6. The van der Waals surface area contributed by atoms with E-state index >= 15 is 0 Å². The molecule has 1 spiro atoms. The number of urea groups is 1. The first kappa shape index (κ1) is 15.0. The molecule has 3 amide bonds. The van der Waals surface area contributed by atoms with E-state index in [2.05, 4.69) is 10.6 Å². The number of carbonyl (C=O) groups excluding carboxylic acids is 2. The van der Waals surface area contributed by atoms with Gasteiger partial charge in [-0.05, 0) is 37.9 Å². The Balaban J connectivity index is 1.63. The van der Waals surface area contributed by atoms with Crippen molar-refractivity contribution in [1.29, 1.82) is 0 Å². The Hall–Kier alpha value is -1.92. The highest BCUT2D eigenvalue weighted by Crippen LogP contribution is 2.28. The Kier molecular flexibility index (Phi) is 4.13. The summed E-state index contributed by atoms with van der Waals surface area (Å²) in [7, 11) is 0. The van der Waals surface area contributed by atoms with Crippen molar-refractivity contribution in [2.75, 3.05) is 19.6 Å². The molecule has 2 aliphatic heterocycles. The van der Waals surface area contributed by atoms with E-state index in [1.165, 1.54) is 4.90 Å². The van der Waals surface area contributed by atoms with Crippen molar-refractivity contribution in [3.05, 3.63) is 35.9 Å². The van der Waals surface area contributed by atoms with E-state index in [9.17, 15) is 14.7 Å². The zero-order valence-corrected chi connectivity index (χ0v) is 12.4. The van der Waals surface area contributed by atoms with Gasteiger partial charge in [0.1, 0.15) is 5.54 Å². The van der Waals surface area contributed by atoms with E-state index in [1.807, 2.05) is 30.3 Å². The maximum atomic E-state index is 12.6. The van der Waals surface area contributed by atoms with Crippen LogP contribution in [0.4, 0.5) is 4.79 Å². The Morgan fingerprint density at radius 1 is 1.18 bits per heavy atom. The molecule has 6 heteroatoms. The fourth-order valence-electron chi connectivity index (χ4n) is 3.16. The number of hydrogen-bond donors (Lipinski definition) is 3. The molecule has 2 fully saturated rings. The predicted octanol–water partition coefficient (Wildman–Crippen LogP) is 0.784. The molecule has 0 saturated carbocycles. The SMILES string of the molecule is O=C1NC2(CCNCC2)C(=O)N1CC[C@H](O)c1ccccc1. The van der Waals surface area contributed by atoms with E-state index in [1.54, 1.807) is 0 Å².